The maximum atomic E-state index is 12.5. The largest absolute Gasteiger partial charge is 0.465 e. The summed E-state index contributed by atoms with van der Waals surface area (Å²) in [6.07, 6.45) is 0. The van der Waals surface area contributed by atoms with Gasteiger partial charge in [-0.25, -0.2) is 13.6 Å². The van der Waals surface area contributed by atoms with E-state index >= 15 is 0 Å². The van der Waals surface area contributed by atoms with Gasteiger partial charge in [-0.2, -0.15) is 0 Å². The van der Waals surface area contributed by atoms with Crippen molar-refractivity contribution >= 4 is 33.6 Å². The summed E-state index contributed by atoms with van der Waals surface area (Å²) in [5, 5.41) is 7.55. The van der Waals surface area contributed by atoms with Gasteiger partial charge in [0.15, 0.2) is 0 Å². The number of rotatable bonds is 7. The first kappa shape index (κ1) is 20.6. The summed E-state index contributed by atoms with van der Waals surface area (Å²) in [5.41, 5.74) is -1.02. The molecule has 1 aromatic rings. The number of esters is 2. The van der Waals surface area contributed by atoms with Crippen molar-refractivity contribution < 1.29 is 32.3 Å². The predicted molar refractivity (Wildman–Crippen MR) is 87.8 cm³/mol. The molecule has 0 saturated heterocycles. The number of nitrogens with two attached hydrogens (primary N) is 1. The molecule has 0 unspecified atom stereocenters. The van der Waals surface area contributed by atoms with Crippen molar-refractivity contribution in [2.45, 2.75) is 25.7 Å². The average Bonchev–Trinajstić information content (AvgIpc) is 2.50. The smallest absolute Gasteiger partial charge is 0.302 e. The van der Waals surface area contributed by atoms with Crippen molar-refractivity contribution in [1.29, 1.82) is 0 Å². The minimum Gasteiger partial charge on any atom is -0.465 e. The van der Waals surface area contributed by atoms with Crippen LogP contribution in [0.25, 0.3) is 0 Å². The second kappa shape index (κ2) is 8.08. The molecular weight excluding hydrogens is 352 g/mol. The van der Waals surface area contributed by atoms with Crippen LogP contribution in [0.3, 0.4) is 0 Å². The monoisotopic (exact) mass is 372 g/mol. The lowest BCUT2D eigenvalue weighted by molar-refractivity contribution is -0.153. The third kappa shape index (κ3) is 6.51. The SMILES string of the molecule is CC(=O)OCC(C)(COC(C)=O)C(=O)Nc1ccc(S(N)(=O)=O)cc1. The Bertz CT molecular complexity index is 739. The molecule has 138 valence electrons. The summed E-state index contributed by atoms with van der Waals surface area (Å²) < 4.78 is 32.2. The Morgan fingerprint density at radius 2 is 1.48 bits per heavy atom. The van der Waals surface area contributed by atoms with E-state index in [0.717, 1.165) is 0 Å². The summed E-state index contributed by atoms with van der Waals surface area (Å²) in [7, 11) is -3.84. The number of primary sulfonamides is 1. The number of amides is 1. The highest BCUT2D eigenvalue weighted by molar-refractivity contribution is 7.89. The van der Waals surface area contributed by atoms with Gasteiger partial charge >= 0.3 is 11.9 Å². The minimum absolute atomic E-state index is 0.104. The first-order chi connectivity index (χ1) is 11.4. The Hall–Kier alpha value is -2.46. The van der Waals surface area contributed by atoms with Gasteiger partial charge in [-0.1, -0.05) is 0 Å². The third-order valence-corrected chi connectivity index (χ3v) is 4.11. The summed E-state index contributed by atoms with van der Waals surface area (Å²) >= 11 is 0. The highest BCUT2D eigenvalue weighted by atomic mass is 32.2. The van der Waals surface area contributed by atoms with Gasteiger partial charge in [0.25, 0.3) is 0 Å². The number of nitrogens with one attached hydrogen (secondary N) is 1. The van der Waals surface area contributed by atoms with Crippen molar-refractivity contribution in [2.24, 2.45) is 10.6 Å². The molecule has 0 heterocycles. The van der Waals surface area contributed by atoms with Crippen molar-refractivity contribution in [1.82, 2.24) is 0 Å². The quantitative estimate of drug-likeness (QED) is 0.660. The Balaban J connectivity index is 2.92. The van der Waals surface area contributed by atoms with Gasteiger partial charge in [0, 0.05) is 19.5 Å². The Morgan fingerprint density at radius 3 is 1.84 bits per heavy atom. The number of anilines is 1. The fourth-order valence-corrected chi connectivity index (χ4v) is 2.22. The molecule has 0 bridgehead atoms. The van der Waals surface area contributed by atoms with Crippen molar-refractivity contribution in [2.75, 3.05) is 18.5 Å². The van der Waals surface area contributed by atoms with Crippen LogP contribution in [0, 0.1) is 5.41 Å². The van der Waals surface area contributed by atoms with Crippen LogP contribution in [-0.4, -0.2) is 39.5 Å². The Morgan fingerprint density at radius 1 is 1.04 bits per heavy atom. The number of hydrogen-bond acceptors (Lipinski definition) is 7. The number of sulfonamides is 1. The van der Waals surface area contributed by atoms with Gasteiger partial charge < -0.3 is 14.8 Å². The van der Waals surface area contributed by atoms with E-state index in [4.69, 9.17) is 14.6 Å². The Labute approximate surface area is 145 Å². The van der Waals surface area contributed by atoms with E-state index < -0.39 is 33.3 Å². The average molecular weight is 372 g/mol. The zero-order chi connectivity index (χ0) is 19.3. The lowest BCUT2D eigenvalue weighted by Crippen LogP contribution is -2.42. The van der Waals surface area contributed by atoms with Gasteiger partial charge in [0.05, 0.1) is 4.90 Å². The van der Waals surface area contributed by atoms with Gasteiger partial charge in [-0.3, -0.25) is 14.4 Å². The maximum absolute atomic E-state index is 12.5. The zero-order valence-electron chi connectivity index (χ0n) is 14.1. The van der Waals surface area contributed by atoms with Crippen LogP contribution in [0.15, 0.2) is 29.2 Å². The molecule has 0 aromatic heterocycles. The lowest BCUT2D eigenvalue weighted by atomic mass is 9.91. The number of carbonyl (C=O) groups is 3. The van der Waals surface area contributed by atoms with Crippen LogP contribution in [0.5, 0.6) is 0 Å². The lowest BCUT2D eigenvalue weighted by Gasteiger charge is -2.27. The molecule has 0 aliphatic heterocycles. The zero-order valence-corrected chi connectivity index (χ0v) is 14.9. The molecule has 9 nitrogen and oxygen atoms in total. The molecule has 0 aliphatic rings. The number of ether oxygens (including phenoxy) is 2. The second-order valence-electron chi connectivity index (χ2n) is 5.64. The molecular formula is C15H20N2O7S. The van der Waals surface area contributed by atoms with Gasteiger partial charge in [-0.15, -0.1) is 0 Å². The maximum Gasteiger partial charge on any atom is 0.302 e. The molecule has 0 radical (unpaired) electrons. The van der Waals surface area contributed by atoms with Gasteiger partial charge in [-0.05, 0) is 31.2 Å². The van der Waals surface area contributed by atoms with Crippen LogP contribution < -0.4 is 10.5 Å². The van der Waals surface area contributed by atoms with Gasteiger partial charge in [0.1, 0.15) is 18.6 Å². The topological polar surface area (TPSA) is 142 Å². The first-order valence-electron chi connectivity index (χ1n) is 7.15. The molecule has 0 aliphatic carbocycles. The molecule has 0 spiro atoms. The normalized spacial score (nSPS) is 11.5. The van der Waals surface area contributed by atoms with Crippen LogP contribution in [0.1, 0.15) is 20.8 Å². The van der Waals surface area contributed by atoms with Crippen molar-refractivity contribution in [3.05, 3.63) is 24.3 Å². The third-order valence-electron chi connectivity index (χ3n) is 3.18. The van der Waals surface area contributed by atoms with E-state index in [0.29, 0.717) is 5.69 Å². The van der Waals surface area contributed by atoms with Crippen LogP contribution >= 0.6 is 0 Å². The molecule has 10 heteroatoms. The van der Waals surface area contributed by atoms with E-state index in [2.05, 4.69) is 5.32 Å². The molecule has 0 saturated carbocycles. The number of hydrogen-bond donors (Lipinski definition) is 2. The highest BCUT2D eigenvalue weighted by Gasteiger charge is 2.36. The van der Waals surface area contributed by atoms with Crippen LogP contribution in [0.4, 0.5) is 5.69 Å². The van der Waals surface area contributed by atoms with E-state index in [1.54, 1.807) is 0 Å². The standard InChI is InChI=1S/C15H20N2O7S/c1-10(18)23-8-15(3,9-24-11(2)19)14(20)17-12-4-6-13(7-5-12)25(16,21)22/h4-7H,8-9H2,1-3H3,(H,17,20)(H2,16,21,22). The van der Waals surface area contributed by atoms with E-state index in [9.17, 15) is 22.8 Å². The molecule has 3 N–H and O–H groups in total. The summed E-state index contributed by atoms with van der Waals surface area (Å²) in [6, 6.07) is 5.19. The number of carbonyl (C=O) groups excluding carboxylic acids is 3. The molecule has 0 fully saturated rings. The molecule has 25 heavy (non-hydrogen) atoms. The predicted octanol–water partition coefficient (Wildman–Crippen LogP) is 0.405. The first-order valence-corrected chi connectivity index (χ1v) is 8.70. The molecule has 1 aromatic carbocycles. The molecule has 1 rings (SSSR count). The Kier molecular flexibility index (Phi) is 6.65. The second-order valence-corrected chi connectivity index (χ2v) is 7.21. The van der Waals surface area contributed by atoms with Crippen molar-refractivity contribution in [3.8, 4) is 0 Å². The highest BCUT2D eigenvalue weighted by Crippen LogP contribution is 2.22. The summed E-state index contributed by atoms with van der Waals surface area (Å²) in [4.78, 5) is 34.4. The summed E-state index contributed by atoms with van der Waals surface area (Å²) in [5.74, 6) is -1.74. The van der Waals surface area contributed by atoms with Crippen LogP contribution in [0.2, 0.25) is 0 Å². The van der Waals surface area contributed by atoms with E-state index in [1.165, 1.54) is 45.0 Å². The fourth-order valence-electron chi connectivity index (χ4n) is 1.70. The molecule has 1 amide bonds. The van der Waals surface area contributed by atoms with Gasteiger partial charge in [0.2, 0.25) is 15.9 Å². The van der Waals surface area contributed by atoms with Crippen LogP contribution in [-0.2, 0) is 33.9 Å². The fraction of sp³-hybridized carbons (Fsp3) is 0.400. The molecule has 0 atom stereocenters. The summed E-state index contributed by atoms with van der Waals surface area (Å²) in [6.45, 7) is 3.26. The number of benzene rings is 1. The van der Waals surface area contributed by atoms with E-state index in [1.807, 2.05) is 0 Å². The minimum atomic E-state index is -3.84. The van der Waals surface area contributed by atoms with E-state index in [-0.39, 0.29) is 18.1 Å². The van der Waals surface area contributed by atoms with Crippen molar-refractivity contribution in [3.63, 3.8) is 0 Å².